The van der Waals surface area contributed by atoms with Gasteiger partial charge in [-0.25, -0.2) is 19.9 Å². The van der Waals surface area contributed by atoms with E-state index in [1.54, 1.807) is 6.20 Å². The van der Waals surface area contributed by atoms with E-state index in [0.717, 1.165) is 122 Å². The van der Waals surface area contributed by atoms with Gasteiger partial charge in [0, 0.05) is 67.6 Å². The number of benzene rings is 5. The summed E-state index contributed by atoms with van der Waals surface area (Å²) in [7, 11) is 0. The number of aromatic nitrogens is 7. The highest BCUT2D eigenvalue weighted by molar-refractivity contribution is 6.05. The van der Waals surface area contributed by atoms with Gasteiger partial charge in [0.2, 0.25) is 0 Å². The number of hydrogen-bond acceptors (Lipinski definition) is 7. The zero-order valence-corrected chi connectivity index (χ0v) is 32.0. The Labute approximate surface area is 343 Å². The molecule has 0 saturated heterocycles. The van der Waals surface area contributed by atoms with Gasteiger partial charge in [0.25, 0.3) is 0 Å². The van der Waals surface area contributed by atoms with Crippen molar-refractivity contribution >= 4 is 65.4 Å². The van der Waals surface area contributed by atoms with Crippen molar-refractivity contribution in [2.24, 2.45) is 0 Å². The maximum atomic E-state index is 5.31. The lowest BCUT2D eigenvalue weighted by molar-refractivity contribution is 1.28. The van der Waals surface area contributed by atoms with Crippen molar-refractivity contribution in [3.63, 3.8) is 0 Å². The minimum absolute atomic E-state index is 0.843. The third-order valence-corrected chi connectivity index (χ3v) is 11.3. The third-order valence-electron chi connectivity index (χ3n) is 11.3. The average molecular weight is 766 g/mol. The standard InChI is InChI=1S/C53H31N7/c1-2-24-54-46(7-1)47-23-17-33-9-15-39(31-49(33)58-47)38-14-8-32-16-20-43(57-48(32)30-38)40-27-41(44-21-18-36-12-10-34-5-3-25-55-50(34)52(36)59-44)29-42(28-40)45-22-19-37-13-11-35-6-4-26-56-51(35)53(37)60-45/h1-31H. The Kier molecular flexibility index (Phi) is 7.71. The van der Waals surface area contributed by atoms with Gasteiger partial charge in [0.1, 0.15) is 0 Å². The molecule has 0 unspecified atom stereocenters. The Morgan fingerprint density at radius 1 is 0.233 bits per heavy atom. The summed E-state index contributed by atoms with van der Waals surface area (Å²) in [5.41, 5.74) is 14.6. The lowest BCUT2D eigenvalue weighted by Gasteiger charge is -2.13. The van der Waals surface area contributed by atoms with E-state index in [1.807, 2.05) is 48.8 Å². The Morgan fingerprint density at radius 3 is 1.17 bits per heavy atom. The molecule has 7 heterocycles. The van der Waals surface area contributed by atoms with Crippen LogP contribution in [0.1, 0.15) is 0 Å². The van der Waals surface area contributed by atoms with Crippen LogP contribution < -0.4 is 0 Å². The summed E-state index contributed by atoms with van der Waals surface area (Å²) in [6, 6.07) is 58.6. The summed E-state index contributed by atoms with van der Waals surface area (Å²) in [5.74, 6) is 0. The van der Waals surface area contributed by atoms with Crippen LogP contribution in [0.15, 0.2) is 188 Å². The highest BCUT2D eigenvalue weighted by atomic mass is 14.8. The molecule has 0 aliphatic rings. The summed E-state index contributed by atoms with van der Waals surface area (Å²) in [4.78, 5) is 34.8. The van der Waals surface area contributed by atoms with Crippen molar-refractivity contribution < 1.29 is 0 Å². The largest absolute Gasteiger partial charge is 0.255 e. The summed E-state index contributed by atoms with van der Waals surface area (Å²) < 4.78 is 0. The summed E-state index contributed by atoms with van der Waals surface area (Å²) in [5, 5.41) is 6.32. The van der Waals surface area contributed by atoms with E-state index >= 15 is 0 Å². The van der Waals surface area contributed by atoms with Gasteiger partial charge < -0.3 is 0 Å². The molecule has 0 spiro atoms. The van der Waals surface area contributed by atoms with Crippen LogP contribution in [0.3, 0.4) is 0 Å². The number of pyridine rings is 7. The van der Waals surface area contributed by atoms with Crippen LogP contribution in [-0.4, -0.2) is 34.9 Å². The molecule has 0 N–H and O–H groups in total. The van der Waals surface area contributed by atoms with Crippen LogP contribution in [0, 0.1) is 0 Å². The molecular formula is C53H31N7. The molecule has 0 atom stereocenters. The number of rotatable bonds is 5. The van der Waals surface area contributed by atoms with Gasteiger partial charge in [0.15, 0.2) is 0 Å². The molecule has 0 bridgehead atoms. The first kappa shape index (κ1) is 33.8. The Bertz CT molecular complexity index is 3540. The molecule has 7 heteroatoms. The van der Waals surface area contributed by atoms with E-state index in [9.17, 15) is 0 Å². The smallest absolute Gasteiger partial charge is 0.0972 e. The van der Waals surface area contributed by atoms with Gasteiger partial charge in [-0.2, -0.15) is 0 Å². The molecule has 7 aromatic heterocycles. The first-order valence-electron chi connectivity index (χ1n) is 19.9. The van der Waals surface area contributed by atoms with Crippen LogP contribution in [0.25, 0.3) is 122 Å². The fourth-order valence-corrected chi connectivity index (χ4v) is 8.25. The molecule has 12 rings (SSSR count). The second-order valence-corrected chi connectivity index (χ2v) is 15.0. The highest BCUT2D eigenvalue weighted by Gasteiger charge is 2.15. The van der Waals surface area contributed by atoms with E-state index in [4.69, 9.17) is 29.9 Å². The van der Waals surface area contributed by atoms with Crippen LogP contribution in [0.5, 0.6) is 0 Å². The molecule has 0 radical (unpaired) electrons. The molecule has 60 heavy (non-hydrogen) atoms. The van der Waals surface area contributed by atoms with Gasteiger partial charge in [-0.3, -0.25) is 15.0 Å². The van der Waals surface area contributed by atoms with Crippen molar-refractivity contribution in [2.75, 3.05) is 0 Å². The maximum absolute atomic E-state index is 5.31. The summed E-state index contributed by atoms with van der Waals surface area (Å²) in [6.45, 7) is 0. The topological polar surface area (TPSA) is 90.2 Å². The van der Waals surface area contributed by atoms with E-state index < -0.39 is 0 Å². The van der Waals surface area contributed by atoms with Crippen LogP contribution in [0.4, 0.5) is 0 Å². The highest BCUT2D eigenvalue weighted by Crippen LogP contribution is 2.36. The average Bonchev–Trinajstić information content (AvgIpc) is 3.33. The molecule has 0 fully saturated rings. The Balaban J connectivity index is 1.00. The van der Waals surface area contributed by atoms with Gasteiger partial charge in [-0.15, -0.1) is 0 Å². The van der Waals surface area contributed by atoms with Crippen LogP contribution in [0.2, 0.25) is 0 Å². The minimum Gasteiger partial charge on any atom is -0.255 e. The maximum Gasteiger partial charge on any atom is 0.0972 e. The van der Waals surface area contributed by atoms with Gasteiger partial charge >= 0.3 is 0 Å². The van der Waals surface area contributed by atoms with E-state index in [-0.39, 0.29) is 0 Å². The van der Waals surface area contributed by atoms with Crippen LogP contribution >= 0.6 is 0 Å². The first-order chi connectivity index (χ1) is 29.7. The molecule has 278 valence electrons. The zero-order valence-electron chi connectivity index (χ0n) is 32.0. The van der Waals surface area contributed by atoms with Crippen molar-refractivity contribution in [1.82, 2.24) is 34.9 Å². The second kappa shape index (κ2) is 13.7. The molecule has 0 aliphatic heterocycles. The number of fused-ring (bicyclic) bond motifs is 8. The summed E-state index contributed by atoms with van der Waals surface area (Å²) in [6.07, 6.45) is 5.45. The predicted molar refractivity (Wildman–Crippen MR) is 243 cm³/mol. The molecule has 0 amide bonds. The second-order valence-electron chi connectivity index (χ2n) is 15.0. The van der Waals surface area contributed by atoms with Crippen molar-refractivity contribution in [1.29, 1.82) is 0 Å². The Hall–Kier alpha value is -8.29. The van der Waals surface area contributed by atoms with Crippen molar-refractivity contribution in [3.8, 4) is 56.3 Å². The predicted octanol–water partition coefficient (Wildman–Crippen LogP) is 12.7. The minimum atomic E-state index is 0.843. The van der Waals surface area contributed by atoms with E-state index in [0.29, 0.717) is 0 Å². The van der Waals surface area contributed by atoms with Gasteiger partial charge in [-0.05, 0) is 90.0 Å². The lowest BCUT2D eigenvalue weighted by atomic mass is 9.97. The van der Waals surface area contributed by atoms with Crippen molar-refractivity contribution in [2.45, 2.75) is 0 Å². The Morgan fingerprint density at radius 2 is 0.650 bits per heavy atom. The number of hydrogen-bond donors (Lipinski definition) is 0. The van der Waals surface area contributed by atoms with E-state index in [2.05, 4.69) is 138 Å². The SMILES string of the molecule is c1ccc(-c2ccc3ccc(-c4ccc5ccc(-c6cc(-c7ccc8ccc9cccnc9c8n7)cc(-c7ccc8ccc9cccnc9c8n7)c6)nc5c4)cc3n2)nc1. The quantitative estimate of drug-likeness (QED) is 0.161. The van der Waals surface area contributed by atoms with Crippen molar-refractivity contribution in [3.05, 3.63) is 188 Å². The normalized spacial score (nSPS) is 11.7. The first-order valence-corrected chi connectivity index (χ1v) is 19.9. The van der Waals surface area contributed by atoms with Gasteiger partial charge in [-0.1, -0.05) is 91.0 Å². The van der Waals surface area contributed by atoms with Gasteiger partial charge in [0.05, 0.1) is 61.6 Å². The molecule has 12 aromatic rings. The fourth-order valence-electron chi connectivity index (χ4n) is 8.25. The fraction of sp³-hybridized carbons (Fsp3) is 0. The molecule has 7 nitrogen and oxygen atoms in total. The zero-order chi connectivity index (χ0) is 39.6. The molecular weight excluding hydrogens is 735 g/mol. The third kappa shape index (κ3) is 5.87. The molecule has 5 aromatic carbocycles. The van der Waals surface area contributed by atoms with Crippen LogP contribution in [-0.2, 0) is 0 Å². The summed E-state index contributed by atoms with van der Waals surface area (Å²) >= 11 is 0. The molecule has 0 aliphatic carbocycles. The molecule has 0 saturated carbocycles. The monoisotopic (exact) mass is 765 g/mol. The number of nitrogens with zero attached hydrogens (tertiary/aromatic N) is 7. The van der Waals surface area contributed by atoms with E-state index in [1.165, 1.54) is 0 Å². The lowest BCUT2D eigenvalue weighted by Crippen LogP contribution is -1.93.